The first kappa shape index (κ1) is 16.0. The van der Waals surface area contributed by atoms with Crippen LogP contribution in [0, 0.1) is 0 Å². The Hall–Kier alpha value is -1.35. The third-order valence-corrected chi connectivity index (χ3v) is 3.99. The Kier molecular flexibility index (Phi) is 5.04. The molecule has 2 nitrogen and oxygen atoms in total. The van der Waals surface area contributed by atoms with E-state index in [4.69, 9.17) is 17.4 Å². The van der Waals surface area contributed by atoms with Crippen molar-refractivity contribution in [3.05, 3.63) is 70.2 Å². The SMILES string of the molecule is CC(C)(C)c1ccc(C(Cc2ccc(Cl)cc2)NN)cc1. The van der Waals surface area contributed by atoms with Crippen LogP contribution in [0.4, 0.5) is 0 Å². The van der Waals surface area contributed by atoms with E-state index < -0.39 is 0 Å². The van der Waals surface area contributed by atoms with Crippen molar-refractivity contribution in [2.75, 3.05) is 0 Å². The van der Waals surface area contributed by atoms with Gasteiger partial charge in [-0.3, -0.25) is 11.3 Å². The summed E-state index contributed by atoms with van der Waals surface area (Å²) in [5.41, 5.74) is 6.81. The van der Waals surface area contributed by atoms with E-state index in [0.717, 1.165) is 11.4 Å². The van der Waals surface area contributed by atoms with Crippen LogP contribution >= 0.6 is 11.6 Å². The maximum Gasteiger partial charge on any atom is 0.0500 e. The lowest BCUT2D eigenvalue weighted by atomic mass is 9.86. The lowest BCUT2D eigenvalue weighted by Gasteiger charge is -2.21. The predicted molar refractivity (Wildman–Crippen MR) is 90.4 cm³/mol. The summed E-state index contributed by atoms with van der Waals surface area (Å²) in [5.74, 6) is 5.73. The molecule has 112 valence electrons. The first-order valence-corrected chi connectivity index (χ1v) is 7.59. The second-order valence-electron chi connectivity index (χ2n) is 6.42. The quantitative estimate of drug-likeness (QED) is 0.649. The van der Waals surface area contributed by atoms with Gasteiger partial charge in [0, 0.05) is 11.1 Å². The van der Waals surface area contributed by atoms with E-state index in [1.165, 1.54) is 16.7 Å². The van der Waals surface area contributed by atoms with E-state index in [2.05, 4.69) is 50.5 Å². The molecule has 0 amide bonds. The Morgan fingerprint density at radius 3 is 2.05 bits per heavy atom. The summed E-state index contributed by atoms with van der Waals surface area (Å²) < 4.78 is 0. The van der Waals surface area contributed by atoms with Gasteiger partial charge in [0.05, 0.1) is 0 Å². The fourth-order valence-electron chi connectivity index (χ4n) is 2.34. The molecule has 0 aliphatic rings. The topological polar surface area (TPSA) is 38.0 Å². The average molecular weight is 303 g/mol. The molecule has 0 saturated carbocycles. The van der Waals surface area contributed by atoms with Crippen LogP contribution in [0.15, 0.2) is 48.5 Å². The second kappa shape index (κ2) is 6.61. The zero-order chi connectivity index (χ0) is 15.5. The van der Waals surface area contributed by atoms with E-state index in [1.54, 1.807) is 0 Å². The Bertz CT molecular complexity index is 568. The number of hydrogen-bond donors (Lipinski definition) is 2. The molecule has 0 aromatic heterocycles. The van der Waals surface area contributed by atoms with Crippen LogP contribution in [0.1, 0.15) is 43.5 Å². The average Bonchev–Trinajstić information content (AvgIpc) is 2.46. The molecule has 0 aliphatic carbocycles. The van der Waals surface area contributed by atoms with Crippen LogP contribution in [0.2, 0.25) is 5.02 Å². The van der Waals surface area contributed by atoms with Gasteiger partial charge in [0.15, 0.2) is 0 Å². The predicted octanol–water partition coefficient (Wildman–Crippen LogP) is 4.38. The van der Waals surface area contributed by atoms with Gasteiger partial charge in [0.25, 0.3) is 0 Å². The number of halogens is 1. The van der Waals surface area contributed by atoms with Gasteiger partial charge >= 0.3 is 0 Å². The number of nitrogens with two attached hydrogens (primary N) is 1. The van der Waals surface area contributed by atoms with Gasteiger partial charge < -0.3 is 0 Å². The second-order valence-corrected chi connectivity index (χ2v) is 6.86. The summed E-state index contributed by atoms with van der Waals surface area (Å²) >= 11 is 5.92. The summed E-state index contributed by atoms with van der Waals surface area (Å²) in [7, 11) is 0. The highest BCUT2D eigenvalue weighted by atomic mass is 35.5. The van der Waals surface area contributed by atoms with Crippen molar-refractivity contribution in [2.24, 2.45) is 5.84 Å². The van der Waals surface area contributed by atoms with Gasteiger partial charge in [-0.1, -0.05) is 68.8 Å². The third kappa shape index (κ3) is 4.31. The summed E-state index contributed by atoms with van der Waals surface area (Å²) in [6.07, 6.45) is 0.836. The highest BCUT2D eigenvalue weighted by Gasteiger charge is 2.15. The minimum absolute atomic E-state index is 0.0974. The van der Waals surface area contributed by atoms with E-state index in [0.29, 0.717) is 0 Å². The molecule has 1 unspecified atom stereocenters. The van der Waals surface area contributed by atoms with Crippen LogP contribution in [-0.4, -0.2) is 0 Å². The molecule has 2 aromatic carbocycles. The lowest BCUT2D eigenvalue weighted by Crippen LogP contribution is -2.29. The van der Waals surface area contributed by atoms with Gasteiger partial charge in [-0.25, -0.2) is 0 Å². The van der Waals surface area contributed by atoms with Gasteiger partial charge in [-0.05, 0) is 40.7 Å². The van der Waals surface area contributed by atoms with Crippen molar-refractivity contribution in [3.8, 4) is 0 Å². The van der Waals surface area contributed by atoms with Crippen LogP contribution in [0.25, 0.3) is 0 Å². The Balaban J connectivity index is 2.15. The Morgan fingerprint density at radius 1 is 1.00 bits per heavy atom. The lowest BCUT2D eigenvalue weighted by molar-refractivity contribution is 0.549. The number of hydrazine groups is 1. The molecule has 21 heavy (non-hydrogen) atoms. The largest absolute Gasteiger partial charge is 0.271 e. The first-order chi connectivity index (χ1) is 9.90. The van der Waals surface area contributed by atoms with Crippen LogP contribution in [0.3, 0.4) is 0 Å². The number of nitrogens with one attached hydrogen (secondary N) is 1. The first-order valence-electron chi connectivity index (χ1n) is 7.21. The van der Waals surface area contributed by atoms with Crippen LogP contribution in [0.5, 0.6) is 0 Å². The van der Waals surface area contributed by atoms with Crippen molar-refractivity contribution in [1.82, 2.24) is 5.43 Å². The molecule has 1 atom stereocenters. The summed E-state index contributed by atoms with van der Waals surface area (Å²) in [4.78, 5) is 0. The van der Waals surface area contributed by atoms with Gasteiger partial charge in [-0.15, -0.1) is 0 Å². The van der Waals surface area contributed by atoms with Gasteiger partial charge in [0.2, 0.25) is 0 Å². The molecule has 3 heteroatoms. The molecule has 3 N–H and O–H groups in total. The fourth-order valence-corrected chi connectivity index (χ4v) is 2.47. The molecule has 2 aromatic rings. The molecular weight excluding hydrogens is 280 g/mol. The monoisotopic (exact) mass is 302 g/mol. The van der Waals surface area contributed by atoms with Crippen LogP contribution in [-0.2, 0) is 11.8 Å². The summed E-state index contributed by atoms with van der Waals surface area (Å²) in [6, 6.07) is 16.7. The molecule has 0 spiro atoms. The maximum atomic E-state index is 5.92. The van der Waals surface area contributed by atoms with Crippen LogP contribution < -0.4 is 11.3 Å². The summed E-state index contributed by atoms with van der Waals surface area (Å²) in [6.45, 7) is 6.65. The third-order valence-electron chi connectivity index (χ3n) is 3.73. The normalized spacial score (nSPS) is 13.2. The Labute approximate surface area is 132 Å². The standard InChI is InChI=1S/C18H23ClN2/c1-18(2,3)15-8-6-14(7-9-15)17(21-20)12-13-4-10-16(19)11-5-13/h4-11,17,21H,12,20H2,1-3H3. The molecule has 0 heterocycles. The molecule has 2 rings (SSSR count). The number of rotatable bonds is 4. The molecule has 0 aliphatic heterocycles. The van der Waals surface area contributed by atoms with Crippen molar-refractivity contribution in [2.45, 2.75) is 38.6 Å². The van der Waals surface area contributed by atoms with E-state index in [-0.39, 0.29) is 11.5 Å². The van der Waals surface area contributed by atoms with Gasteiger partial charge in [-0.2, -0.15) is 0 Å². The smallest absolute Gasteiger partial charge is 0.0500 e. The maximum absolute atomic E-state index is 5.92. The highest BCUT2D eigenvalue weighted by Crippen LogP contribution is 2.25. The minimum atomic E-state index is 0.0974. The molecule has 0 radical (unpaired) electrons. The molecule has 0 fully saturated rings. The fraction of sp³-hybridized carbons (Fsp3) is 0.333. The zero-order valence-corrected chi connectivity index (χ0v) is 13.6. The summed E-state index contributed by atoms with van der Waals surface area (Å²) in [5, 5.41) is 0.755. The number of hydrogen-bond acceptors (Lipinski definition) is 2. The van der Waals surface area contributed by atoms with Gasteiger partial charge in [0.1, 0.15) is 0 Å². The molecule has 0 bridgehead atoms. The van der Waals surface area contributed by atoms with E-state index in [9.17, 15) is 0 Å². The zero-order valence-electron chi connectivity index (χ0n) is 12.9. The van der Waals surface area contributed by atoms with Crippen molar-refractivity contribution in [3.63, 3.8) is 0 Å². The van der Waals surface area contributed by atoms with Crippen molar-refractivity contribution >= 4 is 11.6 Å². The van der Waals surface area contributed by atoms with E-state index in [1.807, 2.05) is 24.3 Å². The van der Waals surface area contributed by atoms with E-state index >= 15 is 0 Å². The number of benzene rings is 2. The Morgan fingerprint density at radius 2 is 1.57 bits per heavy atom. The van der Waals surface area contributed by atoms with Crippen molar-refractivity contribution < 1.29 is 0 Å². The molecule has 0 saturated heterocycles. The minimum Gasteiger partial charge on any atom is -0.271 e. The molecular formula is C18H23ClN2. The van der Waals surface area contributed by atoms with Crippen molar-refractivity contribution in [1.29, 1.82) is 0 Å². The highest BCUT2D eigenvalue weighted by molar-refractivity contribution is 6.30.